The molecule has 0 aromatic rings. The number of likely N-dealkylation sites (tertiary alicyclic amines) is 1. The fraction of sp³-hybridized carbons (Fsp3) is 0.667. The summed E-state index contributed by atoms with van der Waals surface area (Å²) < 4.78 is 0. The molecule has 0 saturated carbocycles. The second-order valence-electron chi connectivity index (χ2n) is 4.66. The van der Waals surface area contributed by atoms with Crippen molar-refractivity contribution in [2.24, 2.45) is 11.7 Å². The van der Waals surface area contributed by atoms with Crippen LogP contribution >= 0.6 is 12.4 Å². The van der Waals surface area contributed by atoms with Gasteiger partial charge < -0.3 is 11.1 Å². The molecule has 2 unspecified atom stereocenters. The van der Waals surface area contributed by atoms with E-state index in [0.717, 1.165) is 13.0 Å². The number of halogens is 1. The predicted molar refractivity (Wildman–Crippen MR) is 77.2 cm³/mol. The molecule has 19 heavy (non-hydrogen) atoms. The zero-order valence-electron chi connectivity index (χ0n) is 11.2. The Bertz CT molecular complexity index is 325. The molecule has 3 amide bonds. The Labute approximate surface area is 120 Å². The number of imide groups is 1. The van der Waals surface area contributed by atoms with Gasteiger partial charge in [0.25, 0.3) is 0 Å². The Morgan fingerprint density at radius 1 is 1.53 bits per heavy atom. The highest BCUT2D eigenvalue weighted by atomic mass is 35.5. The first kappa shape index (κ1) is 17.9. The molecular formula is C12H23ClN4O2. The Morgan fingerprint density at radius 3 is 2.74 bits per heavy atom. The van der Waals surface area contributed by atoms with Gasteiger partial charge in [0.1, 0.15) is 0 Å². The summed E-state index contributed by atoms with van der Waals surface area (Å²) in [5, 5.41) is 4.78. The van der Waals surface area contributed by atoms with Crippen molar-refractivity contribution in [1.82, 2.24) is 15.5 Å². The molecule has 7 heteroatoms. The van der Waals surface area contributed by atoms with Crippen LogP contribution in [0.1, 0.15) is 13.3 Å². The maximum Gasteiger partial charge on any atom is 0.321 e. The van der Waals surface area contributed by atoms with E-state index in [9.17, 15) is 9.59 Å². The quantitative estimate of drug-likeness (QED) is 0.626. The second-order valence-corrected chi connectivity index (χ2v) is 4.66. The van der Waals surface area contributed by atoms with E-state index >= 15 is 0 Å². The summed E-state index contributed by atoms with van der Waals surface area (Å²) in [5.41, 5.74) is 5.62. The van der Waals surface area contributed by atoms with E-state index in [1.165, 1.54) is 0 Å². The third-order valence-corrected chi connectivity index (χ3v) is 3.13. The van der Waals surface area contributed by atoms with Gasteiger partial charge in [0.2, 0.25) is 5.91 Å². The summed E-state index contributed by atoms with van der Waals surface area (Å²) in [6.45, 7) is 7.58. The summed E-state index contributed by atoms with van der Waals surface area (Å²) in [4.78, 5) is 25.0. The number of carbonyl (C=O) groups is 2. The van der Waals surface area contributed by atoms with Crippen LogP contribution in [0, 0.1) is 5.92 Å². The lowest BCUT2D eigenvalue weighted by atomic mass is 10.1. The van der Waals surface area contributed by atoms with Crippen molar-refractivity contribution < 1.29 is 9.59 Å². The van der Waals surface area contributed by atoms with Crippen molar-refractivity contribution in [3.63, 3.8) is 0 Å². The first-order chi connectivity index (χ1) is 8.56. The predicted octanol–water partition coefficient (Wildman–Crippen LogP) is 0.0891. The van der Waals surface area contributed by atoms with Crippen LogP contribution in [-0.4, -0.2) is 49.1 Å². The van der Waals surface area contributed by atoms with Gasteiger partial charge in [0.05, 0.1) is 6.54 Å². The monoisotopic (exact) mass is 290 g/mol. The molecule has 4 N–H and O–H groups in total. The largest absolute Gasteiger partial charge is 0.334 e. The van der Waals surface area contributed by atoms with Crippen molar-refractivity contribution in [3.05, 3.63) is 12.7 Å². The van der Waals surface area contributed by atoms with Gasteiger partial charge in [-0.05, 0) is 25.8 Å². The van der Waals surface area contributed by atoms with E-state index in [1.54, 1.807) is 6.08 Å². The highest BCUT2D eigenvalue weighted by molar-refractivity contribution is 5.95. The van der Waals surface area contributed by atoms with Gasteiger partial charge in [0.15, 0.2) is 0 Å². The molecule has 1 heterocycles. The van der Waals surface area contributed by atoms with Crippen molar-refractivity contribution in [3.8, 4) is 0 Å². The molecule has 1 fully saturated rings. The van der Waals surface area contributed by atoms with Crippen LogP contribution in [0.4, 0.5) is 4.79 Å². The molecule has 0 bridgehead atoms. The number of hydrogen-bond donors (Lipinski definition) is 3. The maximum atomic E-state index is 11.6. The minimum Gasteiger partial charge on any atom is -0.334 e. The molecule has 110 valence electrons. The molecule has 1 rings (SSSR count). The van der Waals surface area contributed by atoms with Crippen LogP contribution < -0.4 is 16.4 Å². The summed E-state index contributed by atoms with van der Waals surface area (Å²) in [5.74, 6) is 0.156. The van der Waals surface area contributed by atoms with Gasteiger partial charge >= 0.3 is 6.03 Å². The third kappa shape index (κ3) is 6.04. The van der Waals surface area contributed by atoms with Crippen LogP contribution in [0.3, 0.4) is 0 Å². The molecule has 0 aromatic heterocycles. The number of rotatable bonds is 5. The zero-order chi connectivity index (χ0) is 13.5. The van der Waals surface area contributed by atoms with Crippen molar-refractivity contribution in [2.45, 2.75) is 19.4 Å². The number of carbonyl (C=O) groups excluding carboxylic acids is 2. The lowest BCUT2D eigenvalue weighted by Crippen LogP contribution is -2.45. The molecule has 0 spiro atoms. The lowest BCUT2D eigenvalue weighted by molar-refractivity contribution is -0.121. The average molecular weight is 291 g/mol. The van der Waals surface area contributed by atoms with E-state index < -0.39 is 6.03 Å². The third-order valence-electron chi connectivity index (χ3n) is 3.13. The van der Waals surface area contributed by atoms with Gasteiger partial charge in [0, 0.05) is 19.1 Å². The molecule has 2 atom stereocenters. The lowest BCUT2D eigenvalue weighted by Gasteiger charge is -2.19. The second kappa shape index (κ2) is 8.90. The first-order valence-electron chi connectivity index (χ1n) is 6.19. The van der Waals surface area contributed by atoms with Gasteiger partial charge in [-0.15, -0.1) is 19.0 Å². The molecule has 0 aromatic carbocycles. The standard InChI is InChI=1S/C12H22N4O2.ClH/c1-3-4-14-12(18)15-11(17)8-16-7-10(6-13)5-9(16)2;/h3,9-10H,1,4-8,13H2,2H3,(H2,14,15,17,18);1H. The van der Waals surface area contributed by atoms with E-state index in [4.69, 9.17) is 5.73 Å². The fourth-order valence-corrected chi connectivity index (χ4v) is 2.17. The van der Waals surface area contributed by atoms with Crippen LogP contribution in [0.5, 0.6) is 0 Å². The minimum absolute atomic E-state index is 0. The first-order valence-corrected chi connectivity index (χ1v) is 6.19. The Morgan fingerprint density at radius 2 is 2.21 bits per heavy atom. The highest BCUT2D eigenvalue weighted by Crippen LogP contribution is 2.21. The van der Waals surface area contributed by atoms with Gasteiger partial charge in [-0.25, -0.2) is 4.79 Å². The number of nitrogens with zero attached hydrogens (tertiary/aromatic N) is 1. The summed E-state index contributed by atoms with van der Waals surface area (Å²) in [6.07, 6.45) is 2.56. The number of nitrogens with one attached hydrogen (secondary N) is 2. The molecule has 0 aliphatic carbocycles. The van der Waals surface area contributed by atoms with Crippen molar-refractivity contribution in [1.29, 1.82) is 0 Å². The molecule has 0 radical (unpaired) electrons. The zero-order valence-corrected chi connectivity index (χ0v) is 12.0. The molecule has 1 aliphatic rings. The summed E-state index contributed by atoms with van der Waals surface area (Å²) >= 11 is 0. The Kier molecular flexibility index (Phi) is 8.38. The van der Waals surface area contributed by atoms with Crippen LogP contribution in [0.2, 0.25) is 0 Å². The van der Waals surface area contributed by atoms with E-state index in [1.807, 2.05) is 4.90 Å². The molecule has 1 aliphatic heterocycles. The van der Waals surface area contributed by atoms with Gasteiger partial charge in [-0.2, -0.15) is 0 Å². The van der Waals surface area contributed by atoms with Gasteiger partial charge in [-0.3, -0.25) is 15.0 Å². The molecule has 1 saturated heterocycles. The summed E-state index contributed by atoms with van der Waals surface area (Å²) in [6, 6.07) is -0.150. The van der Waals surface area contributed by atoms with Crippen LogP contribution in [0.25, 0.3) is 0 Å². The smallest absolute Gasteiger partial charge is 0.321 e. The number of hydrogen-bond acceptors (Lipinski definition) is 4. The normalized spacial score (nSPS) is 22.4. The highest BCUT2D eigenvalue weighted by Gasteiger charge is 2.29. The SMILES string of the molecule is C=CCNC(=O)NC(=O)CN1CC(CN)CC1C.Cl. The molecule has 6 nitrogen and oxygen atoms in total. The number of urea groups is 1. The van der Waals surface area contributed by atoms with E-state index in [0.29, 0.717) is 25.0 Å². The van der Waals surface area contributed by atoms with Crippen molar-refractivity contribution >= 4 is 24.3 Å². The Balaban J connectivity index is 0.00000324. The summed E-state index contributed by atoms with van der Waals surface area (Å²) in [7, 11) is 0. The average Bonchev–Trinajstić information content (AvgIpc) is 2.67. The molecular weight excluding hydrogens is 268 g/mol. The number of nitrogens with two attached hydrogens (primary N) is 1. The Hall–Kier alpha value is -1.11. The van der Waals surface area contributed by atoms with Gasteiger partial charge in [-0.1, -0.05) is 6.08 Å². The maximum absolute atomic E-state index is 11.6. The van der Waals surface area contributed by atoms with Crippen LogP contribution in [0.15, 0.2) is 12.7 Å². The number of amides is 3. The minimum atomic E-state index is -0.484. The van der Waals surface area contributed by atoms with Crippen LogP contribution in [-0.2, 0) is 4.79 Å². The fourth-order valence-electron chi connectivity index (χ4n) is 2.17. The topological polar surface area (TPSA) is 87.5 Å². The van der Waals surface area contributed by atoms with E-state index in [2.05, 4.69) is 24.1 Å². The van der Waals surface area contributed by atoms with E-state index in [-0.39, 0.29) is 24.9 Å². The van der Waals surface area contributed by atoms with Crippen molar-refractivity contribution in [2.75, 3.05) is 26.2 Å².